The van der Waals surface area contributed by atoms with Crippen LogP contribution in [0.15, 0.2) is 0 Å². The van der Waals surface area contributed by atoms with Gasteiger partial charge in [0.15, 0.2) is 0 Å². The lowest BCUT2D eigenvalue weighted by molar-refractivity contribution is -0.151. The van der Waals surface area contributed by atoms with Crippen LogP contribution < -0.4 is 5.32 Å². The normalized spacial score (nSPS) is 33.3. The van der Waals surface area contributed by atoms with E-state index in [1.807, 2.05) is 0 Å². The van der Waals surface area contributed by atoms with Crippen LogP contribution in [-0.2, 0) is 9.47 Å². The first-order valence-corrected chi connectivity index (χ1v) is 7.81. The summed E-state index contributed by atoms with van der Waals surface area (Å²) in [6, 6.07) is 0.506. The van der Waals surface area contributed by atoms with E-state index in [1.165, 1.54) is 32.1 Å². The molecular formula is C15H29NO2. The van der Waals surface area contributed by atoms with Crippen LogP contribution in [-0.4, -0.2) is 38.0 Å². The molecule has 18 heavy (non-hydrogen) atoms. The van der Waals surface area contributed by atoms with Crippen LogP contribution in [0.3, 0.4) is 0 Å². The number of nitrogens with one attached hydrogen (secondary N) is 1. The molecule has 2 fully saturated rings. The lowest BCUT2D eigenvalue weighted by Crippen LogP contribution is -2.60. The SMILES string of the molecule is CCNC1CC(OCC2CCCCC2)C1OCC. The maximum absolute atomic E-state index is 6.09. The highest BCUT2D eigenvalue weighted by atomic mass is 16.5. The fourth-order valence-corrected chi connectivity index (χ4v) is 3.24. The molecule has 0 aromatic heterocycles. The molecule has 0 amide bonds. The molecule has 0 spiro atoms. The van der Waals surface area contributed by atoms with Gasteiger partial charge in [-0.05, 0) is 38.6 Å². The monoisotopic (exact) mass is 255 g/mol. The van der Waals surface area contributed by atoms with Gasteiger partial charge in [-0.2, -0.15) is 0 Å². The van der Waals surface area contributed by atoms with Gasteiger partial charge in [0.1, 0.15) is 0 Å². The van der Waals surface area contributed by atoms with E-state index in [4.69, 9.17) is 9.47 Å². The molecule has 3 atom stereocenters. The smallest absolute Gasteiger partial charge is 0.0990 e. The second-order valence-corrected chi connectivity index (χ2v) is 5.70. The van der Waals surface area contributed by atoms with Gasteiger partial charge in [-0.1, -0.05) is 26.2 Å². The molecule has 2 aliphatic carbocycles. The largest absolute Gasteiger partial charge is 0.375 e. The highest BCUT2D eigenvalue weighted by molar-refractivity contribution is 4.97. The fraction of sp³-hybridized carbons (Fsp3) is 1.00. The third-order valence-corrected chi connectivity index (χ3v) is 4.35. The van der Waals surface area contributed by atoms with Crippen molar-refractivity contribution in [2.24, 2.45) is 5.92 Å². The Labute approximate surface area is 112 Å². The molecule has 2 rings (SSSR count). The number of rotatable bonds is 7. The second-order valence-electron chi connectivity index (χ2n) is 5.70. The van der Waals surface area contributed by atoms with E-state index in [0.717, 1.165) is 32.1 Å². The molecule has 0 saturated heterocycles. The average Bonchev–Trinajstić information content (AvgIpc) is 2.40. The Balaban J connectivity index is 1.68. The molecule has 3 nitrogen and oxygen atoms in total. The summed E-state index contributed by atoms with van der Waals surface area (Å²) < 4.78 is 11.9. The highest BCUT2D eigenvalue weighted by Gasteiger charge is 2.42. The Bertz CT molecular complexity index is 229. The van der Waals surface area contributed by atoms with E-state index in [0.29, 0.717) is 12.1 Å². The topological polar surface area (TPSA) is 30.5 Å². The lowest BCUT2D eigenvalue weighted by Gasteiger charge is -2.44. The highest BCUT2D eigenvalue weighted by Crippen LogP contribution is 2.30. The third-order valence-electron chi connectivity index (χ3n) is 4.35. The number of likely N-dealkylation sites (N-methyl/N-ethyl adjacent to an activating group) is 1. The van der Waals surface area contributed by atoms with Crippen molar-refractivity contribution in [3.63, 3.8) is 0 Å². The zero-order valence-corrected chi connectivity index (χ0v) is 12.0. The van der Waals surface area contributed by atoms with Gasteiger partial charge in [0.05, 0.1) is 12.2 Å². The molecule has 3 heteroatoms. The van der Waals surface area contributed by atoms with Gasteiger partial charge in [0.2, 0.25) is 0 Å². The minimum atomic E-state index is 0.276. The molecule has 106 valence electrons. The number of ether oxygens (including phenoxy) is 2. The fourth-order valence-electron chi connectivity index (χ4n) is 3.24. The summed E-state index contributed by atoms with van der Waals surface area (Å²) in [5.41, 5.74) is 0. The van der Waals surface area contributed by atoms with Gasteiger partial charge in [-0.15, -0.1) is 0 Å². The molecule has 0 radical (unpaired) electrons. The van der Waals surface area contributed by atoms with Crippen molar-refractivity contribution in [1.82, 2.24) is 5.32 Å². The van der Waals surface area contributed by atoms with Gasteiger partial charge >= 0.3 is 0 Å². The summed E-state index contributed by atoms with van der Waals surface area (Å²) in [5, 5.41) is 3.48. The molecule has 0 aromatic carbocycles. The van der Waals surface area contributed by atoms with Gasteiger partial charge < -0.3 is 14.8 Å². The Hall–Kier alpha value is -0.120. The maximum Gasteiger partial charge on any atom is 0.0990 e. The van der Waals surface area contributed by atoms with Crippen molar-refractivity contribution in [3.05, 3.63) is 0 Å². The van der Waals surface area contributed by atoms with E-state index in [-0.39, 0.29) is 6.10 Å². The summed E-state index contributed by atoms with van der Waals surface area (Å²) in [7, 11) is 0. The van der Waals surface area contributed by atoms with Gasteiger partial charge in [-0.3, -0.25) is 0 Å². The van der Waals surface area contributed by atoms with Gasteiger partial charge in [0, 0.05) is 19.3 Å². The molecule has 1 N–H and O–H groups in total. The molecule has 2 aliphatic rings. The summed E-state index contributed by atoms with van der Waals surface area (Å²) in [4.78, 5) is 0. The summed E-state index contributed by atoms with van der Waals surface area (Å²) in [6.45, 7) is 6.98. The molecule has 0 heterocycles. The first-order chi connectivity index (χ1) is 8.85. The zero-order chi connectivity index (χ0) is 12.8. The van der Waals surface area contributed by atoms with E-state index < -0.39 is 0 Å². The standard InChI is InChI=1S/C15H29NO2/c1-3-16-13-10-14(15(13)17-4-2)18-11-12-8-6-5-7-9-12/h12-16H,3-11H2,1-2H3. The van der Waals surface area contributed by atoms with Crippen LogP contribution in [0.2, 0.25) is 0 Å². The van der Waals surface area contributed by atoms with Crippen molar-refractivity contribution < 1.29 is 9.47 Å². The van der Waals surface area contributed by atoms with Crippen LogP contribution in [0.5, 0.6) is 0 Å². The van der Waals surface area contributed by atoms with Gasteiger partial charge in [-0.25, -0.2) is 0 Å². The van der Waals surface area contributed by atoms with Gasteiger partial charge in [0.25, 0.3) is 0 Å². The van der Waals surface area contributed by atoms with Crippen LogP contribution in [0, 0.1) is 5.92 Å². The van der Waals surface area contributed by atoms with E-state index >= 15 is 0 Å². The van der Waals surface area contributed by atoms with Crippen molar-refractivity contribution in [2.75, 3.05) is 19.8 Å². The predicted molar refractivity (Wildman–Crippen MR) is 73.8 cm³/mol. The number of hydrogen-bond donors (Lipinski definition) is 1. The molecule has 0 aromatic rings. The summed E-state index contributed by atoms with van der Waals surface area (Å²) in [5.74, 6) is 0.805. The Kier molecular flexibility index (Phi) is 5.93. The summed E-state index contributed by atoms with van der Waals surface area (Å²) >= 11 is 0. The zero-order valence-electron chi connectivity index (χ0n) is 12.0. The maximum atomic E-state index is 6.09. The van der Waals surface area contributed by atoms with Crippen LogP contribution in [0.1, 0.15) is 52.4 Å². The quantitative estimate of drug-likeness (QED) is 0.759. The Morgan fingerprint density at radius 1 is 1.06 bits per heavy atom. The summed E-state index contributed by atoms with van der Waals surface area (Å²) in [6.07, 6.45) is 8.66. The second kappa shape index (κ2) is 7.46. The van der Waals surface area contributed by atoms with Crippen LogP contribution in [0.4, 0.5) is 0 Å². The molecule has 3 unspecified atom stereocenters. The third kappa shape index (κ3) is 3.69. The van der Waals surface area contributed by atoms with Crippen molar-refractivity contribution >= 4 is 0 Å². The molecule has 2 saturated carbocycles. The average molecular weight is 255 g/mol. The van der Waals surface area contributed by atoms with E-state index in [9.17, 15) is 0 Å². The van der Waals surface area contributed by atoms with Crippen LogP contribution in [0.25, 0.3) is 0 Å². The first kappa shape index (κ1) is 14.3. The minimum absolute atomic E-state index is 0.276. The first-order valence-electron chi connectivity index (χ1n) is 7.81. The van der Waals surface area contributed by atoms with E-state index in [1.54, 1.807) is 0 Å². The van der Waals surface area contributed by atoms with Crippen LogP contribution >= 0.6 is 0 Å². The Morgan fingerprint density at radius 2 is 1.83 bits per heavy atom. The van der Waals surface area contributed by atoms with Crippen molar-refractivity contribution in [3.8, 4) is 0 Å². The molecule has 0 bridgehead atoms. The Morgan fingerprint density at radius 3 is 2.50 bits per heavy atom. The molecular weight excluding hydrogens is 226 g/mol. The lowest BCUT2D eigenvalue weighted by atomic mass is 9.84. The minimum Gasteiger partial charge on any atom is -0.375 e. The number of hydrogen-bond acceptors (Lipinski definition) is 3. The van der Waals surface area contributed by atoms with Crippen molar-refractivity contribution in [1.29, 1.82) is 0 Å². The van der Waals surface area contributed by atoms with E-state index in [2.05, 4.69) is 19.2 Å². The predicted octanol–water partition coefficient (Wildman–Crippen LogP) is 2.74. The molecule has 0 aliphatic heterocycles. The van der Waals surface area contributed by atoms with Crippen molar-refractivity contribution in [2.45, 2.75) is 70.6 Å².